The Morgan fingerprint density at radius 2 is 2.05 bits per heavy atom. The number of nitrogens with one attached hydrogen (secondary N) is 1. The van der Waals surface area contributed by atoms with Gasteiger partial charge in [-0.05, 0) is 40.1 Å². The molecule has 9 heteroatoms. The van der Waals surface area contributed by atoms with Crippen LogP contribution in [0.25, 0.3) is 5.00 Å². The van der Waals surface area contributed by atoms with Crippen molar-refractivity contribution in [1.29, 1.82) is 0 Å². The summed E-state index contributed by atoms with van der Waals surface area (Å²) in [6.07, 6.45) is 3.10. The standard InChI is InChI=1S/C13H12N6O2S/c20-12(10-3-5-14-6-4-10)15-7-8-18-13(21)19(17-16-18)11-2-1-9-22-11/h1-6,9H,7-8H2,(H,15,20). The maximum Gasteiger partial charge on any atom is 0.369 e. The van der Waals surface area contributed by atoms with Gasteiger partial charge in [-0.25, -0.2) is 4.79 Å². The van der Waals surface area contributed by atoms with Crippen molar-refractivity contribution in [3.05, 3.63) is 58.1 Å². The van der Waals surface area contributed by atoms with E-state index < -0.39 is 0 Å². The highest BCUT2D eigenvalue weighted by Gasteiger charge is 2.10. The van der Waals surface area contributed by atoms with Crippen molar-refractivity contribution in [2.45, 2.75) is 6.54 Å². The molecule has 3 heterocycles. The maximum atomic E-state index is 12.1. The molecule has 0 aliphatic heterocycles. The Morgan fingerprint density at radius 3 is 2.77 bits per heavy atom. The fourth-order valence-electron chi connectivity index (χ4n) is 1.82. The molecular formula is C13H12N6O2S. The van der Waals surface area contributed by atoms with Crippen LogP contribution in [0.1, 0.15) is 10.4 Å². The molecule has 3 aromatic rings. The van der Waals surface area contributed by atoms with Gasteiger partial charge >= 0.3 is 5.69 Å². The summed E-state index contributed by atoms with van der Waals surface area (Å²) in [7, 11) is 0. The van der Waals surface area contributed by atoms with Crippen LogP contribution in [0.4, 0.5) is 0 Å². The molecule has 0 aliphatic carbocycles. The van der Waals surface area contributed by atoms with Crippen molar-refractivity contribution in [2.24, 2.45) is 0 Å². The summed E-state index contributed by atoms with van der Waals surface area (Å²) < 4.78 is 2.45. The van der Waals surface area contributed by atoms with Crippen molar-refractivity contribution in [2.75, 3.05) is 6.54 Å². The lowest BCUT2D eigenvalue weighted by Crippen LogP contribution is -2.31. The third-order valence-electron chi connectivity index (χ3n) is 2.91. The van der Waals surface area contributed by atoms with E-state index in [1.165, 1.54) is 20.7 Å². The topological polar surface area (TPSA) is 94.7 Å². The molecule has 0 saturated heterocycles. The molecule has 3 rings (SSSR count). The third kappa shape index (κ3) is 2.93. The lowest BCUT2D eigenvalue weighted by Gasteiger charge is -2.03. The fourth-order valence-corrected chi connectivity index (χ4v) is 2.49. The minimum Gasteiger partial charge on any atom is -0.350 e. The number of nitrogens with zero attached hydrogens (tertiary/aromatic N) is 5. The Hall–Kier alpha value is -2.81. The highest BCUT2D eigenvalue weighted by molar-refractivity contribution is 7.12. The summed E-state index contributed by atoms with van der Waals surface area (Å²) in [6, 6.07) is 6.86. The number of thiophene rings is 1. The Bertz CT molecular complexity index is 809. The molecule has 0 aliphatic rings. The van der Waals surface area contributed by atoms with E-state index in [1.54, 1.807) is 30.6 Å². The molecule has 1 N–H and O–H groups in total. The Labute approximate surface area is 129 Å². The van der Waals surface area contributed by atoms with Gasteiger partial charge in [0, 0.05) is 24.5 Å². The van der Waals surface area contributed by atoms with Crippen LogP contribution in [0.3, 0.4) is 0 Å². The minimum absolute atomic E-state index is 0.221. The minimum atomic E-state index is -0.333. The van der Waals surface area contributed by atoms with Gasteiger partial charge in [-0.2, -0.15) is 9.36 Å². The Balaban J connectivity index is 1.61. The quantitative estimate of drug-likeness (QED) is 0.731. The van der Waals surface area contributed by atoms with Crippen LogP contribution in [0, 0.1) is 0 Å². The van der Waals surface area contributed by atoms with Gasteiger partial charge in [-0.1, -0.05) is 0 Å². The van der Waals surface area contributed by atoms with Crippen LogP contribution in [0.15, 0.2) is 46.8 Å². The highest BCUT2D eigenvalue weighted by atomic mass is 32.1. The van der Waals surface area contributed by atoms with Gasteiger partial charge in [0.15, 0.2) is 0 Å². The lowest BCUT2D eigenvalue weighted by atomic mass is 10.2. The number of hydrogen-bond donors (Lipinski definition) is 1. The SMILES string of the molecule is O=C(NCCn1nnn(-c2cccs2)c1=O)c1ccncc1. The Kier molecular flexibility index (Phi) is 4.05. The van der Waals surface area contributed by atoms with Gasteiger partial charge in [-0.15, -0.1) is 11.3 Å². The molecule has 22 heavy (non-hydrogen) atoms. The van der Waals surface area contributed by atoms with E-state index in [0.29, 0.717) is 10.6 Å². The van der Waals surface area contributed by atoms with E-state index in [0.717, 1.165) is 0 Å². The summed E-state index contributed by atoms with van der Waals surface area (Å²) in [5, 5.41) is 12.9. The van der Waals surface area contributed by atoms with Crippen LogP contribution < -0.4 is 11.0 Å². The van der Waals surface area contributed by atoms with Crippen molar-refractivity contribution < 1.29 is 4.79 Å². The smallest absolute Gasteiger partial charge is 0.350 e. The number of carbonyl (C=O) groups is 1. The molecule has 0 unspecified atom stereocenters. The van der Waals surface area contributed by atoms with Crippen molar-refractivity contribution >= 4 is 17.2 Å². The summed E-state index contributed by atoms with van der Waals surface area (Å²) in [4.78, 5) is 27.8. The largest absolute Gasteiger partial charge is 0.369 e. The summed E-state index contributed by atoms with van der Waals surface area (Å²) >= 11 is 1.40. The van der Waals surface area contributed by atoms with E-state index in [1.807, 2.05) is 11.4 Å². The van der Waals surface area contributed by atoms with Crippen molar-refractivity contribution in [1.82, 2.24) is 30.1 Å². The summed E-state index contributed by atoms with van der Waals surface area (Å²) in [5.74, 6) is -0.221. The predicted molar refractivity (Wildman–Crippen MR) is 80.1 cm³/mol. The van der Waals surface area contributed by atoms with Gasteiger partial charge in [-0.3, -0.25) is 9.78 Å². The Morgan fingerprint density at radius 1 is 1.23 bits per heavy atom. The second kappa shape index (κ2) is 6.31. The van der Waals surface area contributed by atoms with E-state index in [4.69, 9.17) is 0 Å². The van der Waals surface area contributed by atoms with Gasteiger partial charge < -0.3 is 5.32 Å². The monoisotopic (exact) mass is 316 g/mol. The first-order valence-electron chi connectivity index (χ1n) is 6.50. The molecule has 0 spiro atoms. The first kappa shape index (κ1) is 14.1. The number of amides is 1. The lowest BCUT2D eigenvalue weighted by molar-refractivity contribution is 0.0951. The first-order chi connectivity index (χ1) is 10.8. The fraction of sp³-hybridized carbons (Fsp3) is 0.154. The maximum absolute atomic E-state index is 12.1. The molecule has 0 fully saturated rings. The van der Waals surface area contributed by atoms with Crippen LogP contribution in [-0.4, -0.2) is 37.2 Å². The second-order valence-electron chi connectivity index (χ2n) is 4.34. The number of rotatable bonds is 5. The highest BCUT2D eigenvalue weighted by Crippen LogP contribution is 2.10. The molecule has 0 atom stereocenters. The molecule has 0 radical (unpaired) electrons. The molecule has 0 aromatic carbocycles. The number of tetrazole rings is 1. The van der Waals surface area contributed by atoms with Crippen LogP contribution in [0.5, 0.6) is 0 Å². The van der Waals surface area contributed by atoms with Crippen molar-refractivity contribution in [3.8, 4) is 5.00 Å². The van der Waals surface area contributed by atoms with Gasteiger partial charge in [0.05, 0.1) is 6.54 Å². The van der Waals surface area contributed by atoms with Crippen molar-refractivity contribution in [3.63, 3.8) is 0 Å². The first-order valence-corrected chi connectivity index (χ1v) is 7.38. The zero-order valence-electron chi connectivity index (χ0n) is 11.4. The third-order valence-corrected chi connectivity index (χ3v) is 3.75. The van der Waals surface area contributed by atoms with Crippen LogP contribution in [0.2, 0.25) is 0 Å². The summed E-state index contributed by atoms with van der Waals surface area (Å²) in [5.41, 5.74) is 0.185. The van der Waals surface area contributed by atoms with E-state index in [2.05, 4.69) is 20.7 Å². The number of carbonyl (C=O) groups excluding carboxylic acids is 1. The van der Waals surface area contributed by atoms with Gasteiger partial charge in [0.1, 0.15) is 5.00 Å². The van der Waals surface area contributed by atoms with E-state index in [9.17, 15) is 9.59 Å². The summed E-state index contributed by atoms with van der Waals surface area (Å²) in [6.45, 7) is 0.533. The van der Waals surface area contributed by atoms with Crippen LogP contribution in [-0.2, 0) is 6.54 Å². The molecule has 8 nitrogen and oxygen atoms in total. The molecule has 0 saturated carbocycles. The van der Waals surface area contributed by atoms with E-state index in [-0.39, 0.29) is 24.7 Å². The zero-order chi connectivity index (χ0) is 15.4. The molecule has 1 amide bonds. The average molecular weight is 316 g/mol. The zero-order valence-corrected chi connectivity index (χ0v) is 12.2. The molecule has 112 valence electrons. The normalized spacial score (nSPS) is 10.5. The molecule has 3 aromatic heterocycles. The predicted octanol–water partition coefficient (Wildman–Crippen LogP) is 0.315. The second-order valence-corrected chi connectivity index (χ2v) is 5.27. The van der Waals surface area contributed by atoms with Gasteiger partial charge in [0.25, 0.3) is 5.91 Å². The van der Waals surface area contributed by atoms with Crippen LogP contribution >= 0.6 is 11.3 Å². The average Bonchev–Trinajstić information content (AvgIpc) is 3.18. The van der Waals surface area contributed by atoms with Gasteiger partial charge in [0.2, 0.25) is 0 Å². The number of hydrogen-bond acceptors (Lipinski definition) is 6. The number of pyridine rings is 1. The number of aromatic nitrogens is 5. The molecular weight excluding hydrogens is 304 g/mol. The van der Waals surface area contributed by atoms with E-state index >= 15 is 0 Å². The molecule has 0 bridgehead atoms.